The minimum absolute atomic E-state index is 0.0287. The van der Waals surface area contributed by atoms with E-state index >= 15 is 0 Å². The Morgan fingerprint density at radius 1 is 0.522 bits per heavy atom. The smallest absolute Gasteiger partial charge is 0.166 e. The minimum atomic E-state index is -4.21. The zero-order chi connectivity index (χ0) is 16.5. The molecule has 3 aromatic rings. The van der Waals surface area contributed by atoms with Crippen LogP contribution in [0.3, 0.4) is 0 Å². The SMILES string of the molecule is FC(F)(F)c1ccccc1.c1ccc([I+]c2ccccc2)cc1. The van der Waals surface area contributed by atoms with Crippen LogP contribution in [-0.2, 0) is 6.18 Å². The molecule has 0 spiro atoms. The Balaban J connectivity index is 0.000000174. The number of benzene rings is 3. The van der Waals surface area contributed by atoms with E-state index in [9.17, 15) is 13.2 Å². The van der Waals surface area contributed by atoms with Crippen LogP contribution in [0.25, 0.3) is 0 Å². The van der Waals surface area contributed by atoms with Crippen molar-refractivity contribution in [1.82, 2.24) is 0 Å². The van der Waals surface area contributed by atoms with Crippen LogP contribution >= 0.6 is 0 Å². The van der Waals surface area contributed by atoms with Gasteiger partial charge in [-0.3, -0.25) is 0 Å². The third kappa shape index (κ3) is 6.44. The molecule has 0 saturated carbocycles. The zero-order valence-electron chi connectivity index (χ0n) is 12.2. The number of hydrogen-bond donors (Lipinski definition) is 0. The molecule has 0 fully saturated rings. The van der Waals surface area contributed by atoms with Gasteiger partial charge in [0.2, 0.25) is 0 Å². The first-order chi connectivity index (χ1) is 11.1. The Labute approximate surface area is 144 Å². The Hall–Kier alpha value is -1.82. The van der Waals surface area contributed by atoms with Crippen molar-refractivity contribution in [2.24, 2.45) is 0 Å². The predicted octanol–water partition coefficient (Wildman–Crippen LogP) is 2.52. The van der Waals surface area contributed by atoms with Crippen molar-refractivity contribution < 1.29 is 34.4 Å². The number of hydrogen-bond acceptors (Lipinski definition) is 0. The van der Waals surface area contributed by atoms with Gasteiger partial charge in [-0.2, -0.15) is 13.2 Å². The summed E-state index contributed by atoms with van der Waals surface area (Å²) >= 11 is 0.0287. The van der Waals surface area contributed by atoms with Crippen molar-refractivity contribution in [3.05, 3.63) is 104 Å². The number of alkyl halides is 3. The maximum Gasteiger partial charge on any atom is 0.416 e. The summed E-state index contributed by atoms with van der Waals surface area (Å²) in [6.45, 7) is 0. The molecule has 3 aromatic carbocycles. The van der Waals surface area contributed by atoms with Crippen molar-refractivity contribution in [3.63, 3.8) is 0 Å². The second-order valence-electron chi connectivity index (χ2n) is 4.55. The lowest BCUT2D eigenvalue weighted by Crippen LogP contribution is -3.61. The number of rotatable bonds is 2. The summed E-state index contributed by atoms with van der Waals surface area (Å²) in [7, 11) is 0. The van der Waals surface area contributed by atoms with Gasteiger partial charge in [-0.15, -0.1) is 0 Å². The summed E-state index contributed by atoms with van der Waals surface area (Å²) in [6, 6.07) is 27.8. The van der Waals surface area contributed by atoms with Crippen molar-refractivity contribution in [2.45, 2.75) is 6.18 Å². The van der Waals surface area contributed by atoms with Crippen molar-refractivity contribution >= 4 is 0 Å². The minimum Gasteiger partial charge on any atom is -0.166 e. The summed E-state index contributed by atoms with van der Waals surface area (Å²) in [5.74, 6) is 0. The zero-order valence-corrected chi connectivity index (χ0v) is 14.3. The van der Waals surface area contributed by atoms with Crippen LogP contribution in [0.5, 0.6) is 0 Å². The van der Waals surface area contributed by atoms with Crippen LogP contribution in [0.4, 0.5) is 13.2 Å². The molecule has 0 aliphatic heterocycles. The molecule has 0 aliphatic carbocycles. The van der Waals surface area contributed by atoms with E-state index in [1.54, 1.807) is 6.07 Å². The van der Waals surface area contributed by atoms with Gasteiger partial charge in [0, 0.05) is 0 Å². The fraction of sp³-hybridized carbons (Fsp3) is 0.0526. The number of halogens is 4. The van der Waals surface area contributed by atoms with E-state index in [4.69, 9.17) is 0 Å². The standard InChI is InChI=1S/C12H10I.C7H5F3/c1-3-7-11(8-4-1)13-12-9-5-2-6-10-12;8-7(9,10)6-4-2-1-3-5-6/h1-10H;1-5H/q+1;. The molecule has 0 saturated heterocycles. The molecular formula is C19H15F3I+. The quantitative estimate of drug-likeness (QED) is 0.552. The summed E-state index contributed by atoms with van der Waals surface area (Å²) in [5.41, 5.74) is -0.602. The molecule has 0 unspecified atom stereocenters. The van der Waals surface area contributed by atoms with Crippen LogP contribution in [-0.4, -0.2) is 0 Å². The maximum atomic E-state index is 11.8. The third-order valence-corrected chi connectivity index (χ3v) is 5.47. The monoisotopic (exact) mass is 427 g/mol. The van der Waals surface area contributed by atoms with Crippen LogP contribution in [0.1, 0.15) is 5.56 Å². The van der Waals surface area contributed by atoms with Gasteiger partial charge < -0.3 is 0 Å². The lowest BCUT2D eigenvalue weighted by Gasteiger charge is -2.03. The highest BCUT2D eigenvalue weighted by molar-refractivity contribution is 5.17. The first-order valence-electron chi connectivity index (χ1n) is 6.93. The largest absolute Gasteiger partial charge is 0.416 e. The molecule has 0 amide bonds. The Morgan fingerprint density at radius 2 is 0.870 bits per heavy atom. The molecule has 0 N–H and O–H groups in total. The molecule has 0 nitrogen and oxygen atoms in total. The van der Waals surface area contributed by atoms with E-state index in [1.807, 2.05) is 0 Å². The molecule has 0 heterocycles. The van der Waals surface area contributed by atoms with Gasteiger partial charge in [0.1, 0.15) is 0 Å². The molecular weight excluding hydrogens is 412 g/mol. The van der Waals surface area contributed by atoms with Crippen molar-refractivity contribution in [1.29, 1.82) is 0 Å². The third-order valence-electron chi connectivity index (χ3n) is 2.79. The van der Waals surface area contributed by atoms with Crippen LogP contribution in [0.15, 0.2) is 91.0 Å². The van der Waals surface area contributed by atoms with Gasteiger partial charge in [0.15, 0.2) is 7.14 Å². The fourth-order valence-electron chi connectivity index (χ4n) is 1.71. The highest BCUT2D eigenvalue weighted by Crippen LogP contribution is 2.28. The summed E-state index contributed by atoms with van der Waals surface area (Å²) in [5, 5.41) is 0. The van der Waals surface area contributed by atoms with Gasteiger partial charge in [-0.25, -0.2) is 0 Å². The molecule has 3 rings (SSSR count). The van der Waals surface area contributed by atoms with Crippen LogP contribution in [0.2, 0.25) is 0 Å². The van der Waals surface area contributed by atoms with Gasteiger partial charge in [-0.1, -0.05) is 66.7 Å². The fourth-order valence-corrected chi connectivity index (χ4v) is 3.98. The molecule has 4 heteroatoms. The van der Waals surface area contributed by atoms with Crippen molar-refractivity contribution in [2.75, 3.05) is 0 Å². The molecule has 118 valence electrons. The van der Waals surface area contributed by atoms with Gasteiger partial charge in [-0.05, 0) is 24.3 Å². The Morgan fingerprint density at radius 3 is 1.17 bits per heavy atom. The van der Waals surface area contributed by atoms with Gasteiger partial charge in [0.25, 0.3) is 0 Å². The highest BCUT2D eigenvalue weighted by atomic mass is 127. The second kappa shape index (κ2) is 8.72. The predicted molar refractivity (Wildman–Crippen MR) is 81.7 cm³/mol. The molecule has 0 radical (unpaired) electrons. The summed E-state index contributed by atoms with van der Waals surface area (Å²) in [4.78, 5) is 0. The van der Waals surface area contributed by atoms with E-state index < -0.39 is 11.7 Å². The average molecular weight is 427 g/mol. The first kappa shape index (κ1) is 17.5. The molecule has 0 atom stereocenters. The Bertz CT molecular complexity index is 643. The highest BCUT2D eigenvalue weighted by Gasteiger charge is 2.29. The van der Waals surface area contributed by atoms with E-state index in [0.717, 1.165) is 12.1 Å². The maximum absolute atomic E-state index is 11.8. The lowest BCUT2D eigenvalue weighted by molar-refractivity contribution is -0.597. The van der Waals surface area contributed by atoms with Gasteiger partial charge >= 0.3 is 27.4 Å². The van der Waals surface area contributed by atoms with Crippen molar-refractivity contribution in [3.8, 4) is 0 Å². The van der Waals surface area contributed by atoms with Crippen LogP contribution < -0.4 is 21.2 Å². The first-order valence-corrected chi connectivity index (χ1v) is 9.08. The molecule has 0 aromatic heterocycles. The van der Waals surface area contributed by atoms with E-state index in [0.29, 0.717) is 0 Å². The molecule has 0 aliphatic rings. The lowest BCUT2D eigenvalue weighted by atomic mass is 10.2. The molecule has 23 heavy (non-hydrogen) atoms. The van der Waals surface area contributed by atoms with E-state index in [-0.39, 0.29) is 21.2 Å². The summed E-state index contributed by atoms with van der Waals surface area (Å²) in [6.07, 6.45) is -4.21. The topological polar surface area (TPSA) is 0 Å². The van der Waals surface area contributed by atoms with E-state index in [1.165, 1.54) is 19.3 Å². The Kier molecular flexibility index (Phi) is 6.65. The normalized spacial score (nSPS) is 10.6. The average Bonchev–Trinajstić information content (AvgIpc) is 2.57. The molecule has 0 bridgehead atoms. The summed E-state index contributed by atoms with van der Waals surface area (Å²) < 4.78 is 38.3. The van der Waals surface area contributed by atoms with E-state index in [2.05, 4.69) is 60.7 Å². The van der Waals surface area contributed by atoms with Crippen LogP contribution in [0, 0.1) is 7.14 Å². The van der Waals surface area contributed by atoms with Gasteiger partial charge in [0.05, 0.1) is 5.56 Å². The second-order valence-corrected chi connectivity index (χ2v) is 7.58.